The molecule has 2 fully saturated rings. The van der Waals surface area contributed by atoms with Crippen molar-refractivity contribution in [3.63, 3.8) is 0 Å². The average Bonchev–Trinajstić information content (AvgIpc) is 3.40. The normalized spacial score (nSPS) is 20.0. The smallest absolute Gasteiger partial charge is 0.326 e. The molecule has 2 N–H and O–H groups in total. The summed E-state index contributed by atoms with van der Waals surface area (Å²) < 4.78 is 2.00. The Hall–Kier alpha value is -2.69. The van der Waals surface area contributed by atoms with E-state index in [0.29, 0.717) is 12.0 Å². The Kier molecular flexibility index (Phi) is 5.98. The van der Waals surface area contributed by atoms with Crippen molar-refractivity contribution in [3.8, 4) is 0 Å². The van der Waals surface area contributed by atoms with Gasteiger partial charge in [-0.3, -0.25) is 4.57 Å². The second kappa shape index (κ2) is 8.92. The van der Waals surface area contributed by atoms with Gasteiger partial charge in [-0.15, -0.1) is 0 Å². The van der Waals surface area contributed by atoms with Crippen LogP contribution in [0, 0.1) is 11.3 Å². The highest BCUT2D eigenvalue weighted by Crippen LogP contribution is 2.41. The van der Waals surface area contributed by atoms with Crippen molar-refractivity contribution >= 4 is 28.1 Å². The fourth-order valence-electron chi connectivity index (χ4n) is 5.97. The molecule has 5 nitrogen and oxygen atoms in total. The zero-order valence-electron chi connectivity index (χ0n) is 20.4. The summed E-state index contributed by atoms with van der Waals surface area (Å²) in [6.45, 7) is 8.90. The number of benzene rings is 2. The second-order valence-corrected chi connectivity index (χ2v) is 11.1. The van der Waals surface area contributed by atoms with Crippen LogP contribution >= 0.6 is 0 Å². The van der Waals surface area contributed by atoms with Gasteiger partial charge in [-0.2, -0.15) is 0 Å². The Morgan fingerprint density at radius 3 is 2.48 bits per heavy atom. The molecule has 1 saturated heterocycles. The summed E-state index contributed by atoms with van der Waals surface area (Å²) >= 11 is 0. The molecule has 0 spiro atoms. The van der Waals surface area contributed by atoms with Crippen LogP contribution < -0.4 is 15.9 Å². The van der Waals surface area contributed by atoms with Crippen molar-refractivity contribution in [1.29, 1.82) is 0 Å². The third-order valence-corrected chi connectivity index (χ3v) is 7.67. The number of aromatic nitrogens is 2. The number of imidazole rings is 1. The van der Waals surface area contributed by atoms with Gasteiger partial charge in [0.1, 0.15) is 0 Å². The molecule has 1 atom stereocenters. The minimum Gasteiger partial charge on any atom is -0.366 e. The van der Waals surface area contributed by atoms with E-state index in [1.165, 1.54) is 50.6 Å². The average molecular weight is 447 g/mol. The Morgan fingerprint density at radius 2 is 1.76 bits per heavy atom. The monoisotopic (exact) mass is 446 g/mol. The van der Waals surface area contributed by atoms with Crippen molar-refractivity contribution in [3.05, 3.63) is 52.9 Å². The number of hydrogen-bond acceptors (Lipinski definition) is 3. The lowest BCUT2D eigenvalue weighted by Crippen LogP contribution is -2.39. The molecule has 1 aromatic heterocycles. The summed E-state index contributed by atoms with van der Waals surface area (Å²) in [6, 6.07) is 15.2. The Balaban J connectivity index is 1.60. The van der Waals surface area contributed by atoms with E-state index in [2.05, 4.69) is 72.4 Å². The van der Waals surface area contributed by atoms with E-state index in [0.717, 1.165) is 35.5 Å². The van der Waals surface area contributed by atoms with E-state index in [1.807, 2.05) is 10.6 Å². The van der Waals surface area contributed by atoms with Crippen LogP contribution in [0.3, 0.4) is 0 Å². The molecule has 1 unspecified atom stereocenters. The van der Waals surface area contributed by atoms with Crippen molar-refractivity contribution in [2.24, 2.45) is 11.3 Å². The molecule has 2 aromatic carbocycles. The number of nitrogens with one attached hydrogen (secondary N) is 2. The van der Waals surface area contributed by atoms with E-state index in [9.17, 15) is 4.79 Å². The Labute approximate surface area is 197 Å². The van der Waals surface area contributed by atoms with Gasteiger partial charge >= 0.3 is 5.69 Å². The number of para-hydroxylation sites is 1. The number of hydrogen-bond donors (Lipinski definition) is 2. The van der Waals surface area contributed by atoms with Crippen LogP contribution in [-0.2, 0) is 6.54 Å². The van der Waals surface area contributed by atoms with Crippen LogP contribution in [-0.4, -0.2) is 22.1 Å². The minimum atomic E-state index is 0.0205. The zero-order chi connectivity index (χ0) is 23.0. The third-order valence-electron chi connectivity index (χ3n) is 7.67. The molecule has 5 heteroatoms. The molecule has 1 aliphatic carbocycles. The summed E-state index contributed by atoms with van der Waals surface area (Å²) in [5.74, 6) is 0.607. The van der Waals surface area contributed by atoms with E-state index in [1.54, 1.807) is 0 Å². The molecule has 176 valence electrons. The van der Waals surface area contributed by atoms with Crippen molar-refractivity contribution in [2.75, 3.05) is 16.8 Å². The first-order valence-electron chi connectivity index (χ1n) is 12.8. The van der Waals surface area contributed by atoms with Crippen LogP contribution in [0.25, 0.3) is 11.0 Å². The Bertz CT molecular complexity index is 1150. The van der Waals surface area contributed by atoms with Gasteiger partial charge in [-0.25, -0.2) is 4.79 Å². The lowest BCUT2D eigenvalue weighted by molar-refractivity contribution is 0.319. The molecule has 33 heavy (non-hydrogen) atoms. The van der Waals surface area contributed by atoms with E-state index in [-0.39, 0.29) is 11.1 Å². The molecule has 1 aliphatic heterocycles. The molecule has 3 aromatic rings. The van der Waals surface area contributed by atoms with Crippen LogP contribution in [0.5, 0.6) is 0 Å². The molecule has 2 heterocycles. The predicted molar refractivity (Wildman–Crippen MR) is 139 cm³/mol. The van der Waals surface area contributed by atoms with Crippen molar-refractivity contribution < 1.29 is 0 Å². The lowest BCUT2D eigenvalue weighted by atomic mass is 9.85. The van der Waals surface area contributed by atoms with Crippen LogP contribution in [0.15, 0.2) is 47.3 Å². The molecule has 0 amide bonds. The van der Waals surface area contributed by atoms with Gasteiger partial charge in [0.25, 0.3) is 0 Å². The second-order valence-electron chi connectivity index (χ2n) is 11.1. The molecule has 1 saturated carbocycles. The van der Waals surface area contributed by atoms with Gasteiger partial charge in [0.2, 0.25) is 0 Å². The maximum Gasteiger partial charge on any atom is 0.326 e. The summed E-state index contributed by atoms with van der Waals surface area (Å²) in [4.78, 5) is 18.7. The first-order chi connectivity index (χ1) is 15.9. The topological polar surface area (TPSA) is 53.1 Å². The first-order valence-corrected chi connectivity index (χ1v) is 12.8. The van der Waals surface area contributed by atoms with E-state index < -0.39 is 0 Å². The highest BCUT2D eigenvalue weighted by Gasteiger charge is 2.35. The number of aromatic amines is 1. The number of anilines is 3. The molecular weight excluding hydrogens is 408 g/mol. The van der Waals surface area contributed by atoms with Gasteiger partial charge in [0, 0.05) is 24.8 Å². The third kappa shape index (κ3) is 4.55. The lowest BCUT2D eigenvalue weighted by Gasteiger charge is -2.37. The van der Waals surface area contributed by atoms with Gasteiger partial charge in [-0.1, -0.05) is 58.2 Å². The highest BCUT2D eigenvalue weighted by atomic mass is 16.1. The highest BCUT2D eigenvalue weighted by molar-refractivity contribution is 5.90. The Morgan fingerprint density at radius 1 is 1.00 bits per heavy atom. The fraction of sp³-hybridized carbons (Fsp3) is 0.536. The zero-order valence-corrected chi connectivity index (χ0v) is 20.4. The number of nitrogens with zero attached hydrogens (tertiary/aromatic N) is 2. The molecule has 2 aliphatic rings. The van der Waals surface area contributed by atoms with Crippen molar-refractivity contribution in [2.45, 2.75) is 78.3 Å². The van der Waals surface area contributed by atoms with Gasteiger partial charge in [0.05, 0.1) is 22.4 Å². The minimum absolute atomic E-state index is 0.0205. The number of rotatable bonds is 5. The summed E-state index contributed by atoms with van der Waals surface area (Å²) in [7, 11) is 0. The van der Waals surface area contributed by atoms with Crippen LogP contribution in [0.2, 0.25) is 0 Å². The molecule has 0 bridgehead atoms. The predicted octanol–water partition coefficient (Wildman–Crippen LogP) is 6.67. The summed E-state index contributed by atoms with van der Waals surface area (Å²) in [5, 5.41) is 3.65. The maximum absolute atomic E-state index is 13.0. The van der Waals surface area contributed by atoms with Crippen LogP contribution in [0.1, 0.15) is 65.7 Å². The van der Waals surface area contributed by atoms with Gasteiger partial charge < -0.3 is 15.2 Å². The molecular formula is C28H38N4O. The van der Waals surface area contributed by atoms with Gasteiger partial charge in [0.15, 0.2) is 0 Å². The maximum atomic E-state index is 13.0. The van der Waals surface area contributed by atoms with Crippen LogP contribution in [0.4, 0.5) is 17.1 Å². The summed E-state index contributed by atoms with van der Waals surface area (Å²) in [5.41, 5.74) is 5.51. The SMILES string of the molecule is CC(C)(C)C1CCCN1c1cc2c(cc1Nc1ccccc1)[nH]c(=O)n2CC1CCCCC1. The van der Waals surface area contributed by atoms with E-state index >= 15 is 0 Å². The molecule has 5 rings (SSSR count). The summed E-state index contributed by atoms with van der Waals surface area (Å²) in [6.07, 6.45) is 8.79. The fourth-order valence-corrected chi connectivity index (χ4v) is 5.97. The molecule has 0 radical (unpaired) electrons. The van der Waals surface area contributed by atoms with Gasteiger partial charge in [-0.05, 0) is 61.3 Å². The quantitative estimate of drug-likeness (QED) is 0.460. The van der Waals surface area contributed by atoms with Crippen molar-refractivity contribution in [1.82, 2.24) is 9.55 Å². The largest absolute Gasteiger partial charge is 0.366 e. The number of fused-ring (bicyclic) bond motifs is 1. The standard InChI is InChI=1S/C28H38N4O/c1-28(2,3)26-15-10-16-31(26)24-18-25-23(17-22(24)29-21-13-8-5-9-14-21)30-27(33)32(25)19-20-11-6-4-7-12-20/h5,8-9,13-14,17-18,20,26,29H,4,6-7,10-12,15-16,19H2,1-3H3,(H,30,33). The first kappa shape index (κ1) is 22.1. The van der Waals surface area contributed by atoms with E-state index in [4.69, 9.17) is 0 Å². The number of H-pyrrole nitrogens is 1.